The second-order valence-electron chi connectivity index (χ2n) is 1.78. The van der Waals surface area contributed by atoms with Gasteiger partial charge in [0, 0.05) is 0 Å². The van der Waals surface area contributed by atoms with E-state index < -0.39 is 27.5 Å². The van der Waals surface area contributed by atoms with Crippen molar-refractivity contribution in [3.63, 3.8) is 0 Å². The van der Waals surface area contributed by atoms with Crippen LogP contribution in [-0.4, -0.2) is 31.7 Å². The Bertz CT molecular complexity index is 230. The minimum Gasteiger partial charge on any atom is -0.370 e. The van der Waals surface area contributed by atoms with Crippen LogP contribution in [0.4, 0.5) is 0 Å². The first kappa shape index (κ1) is 11.8. The van der Waals surface area contributed by atoms with E-state index in [4.69, 9.17) is 19.6 Å². The van der Waals surface area contributed by atoms with Gasteiger partial charge in [0.1, 0.15) is 6.16 Å². The van der Waals surface area contributed by atoms with Crippen molar-refractivity contribution in [3.05, 3.63) is 0 Å². The molecule has 0 aliphatic carbocycles. The standard InChI is InChI=1S/C2H6O8P2/c3-2(1-11(4,5)6)10-12(7,8)9/h1H2,(H2,4,5,6)(H2,7,8,9). The van der Waals surface area contributed by atoms with Crippen molar-refractivity contribution in [2.45, 2.75) is 0 Å². The van der Waals surface area contributed by atoms with Crippen LogP contribution in [-0.2, 0) is 18.4 Å². The van der Waals surface area contributed by atoms with Crippen molar-refractivity contribution in [1.29, 1.82) is 0 Å². The van der Waals surface area contributed by atoms with Gasteiger partial charge in [-0.1, -0.05) is 0 Å². The van der Waals surface area contributed by atoms with Crippen molar-refractivity contribution in [2.75, 3.05) is 6.16 Å². The van der Waals surface area contributed by atoms with E-state index in [0.717, 1.165) is 0 Å². The van der Waals surface area contributed by atoms with Crippen LogP contribution in [0.2, 0.25) is 0 Å². The minimum absolute atomic E-state index is 1.35. The Morgan fingerprint density at radius 1 is 1.17 bits per heavy atom. The fraction of sp³-hybridized carbons (Fsp3) is 0.500. The molecule has 0 fully saturated rings. The molecule has 0 aromatic rings. The van der Waals surface area contributed by atoms with Gasteiger partial charge < -0.3 is 14.3 Å². The van der Waals surface area contributed by atoms with Gasteiger partial charge in [-0.25, -0.2) is 4.57 Å². The van der Waals surface area contributed by atoms with E-state index >= 15 is 0 Å². The summed E-state index contributed by atoms with van der Waals surface area (Å²) in [5.41, 5.74) is 0. The quantitative estimate of drug-likeness (QED) is 0.434. The highest BCUT2D eigenvalue weighted by atomic mass is 31.2. The summed E-state index contributed by atoms with van der Waals surface area (Å²) in [4.78, 5) is 42.6. The zero-order chi connectivity index (χ0) is 9.99. The van der Waals surface area contributed by atoms with E-state index in [1.807, 2.05) is 0 Å². The molecule has 0 aromatic carbocycles. The Hall–Kier alpha value is -0.230. The van der Waals surface area contributed by atoms with Crippen molar-refractivity contribution in [1.82, 2.24) is 0 Å². The number of carbonyl (C=O) groups is 1. The highest BCUT2D eigenvalue weighted by Gasteiger charge is 2.26. The third-order valence-electron chi connectivity index (χ3n) is 0.556. The number of rotatable bonds is 3. The molecule has 10 heteroatoms. The molecule has 0 heterocycles. The Labute approximate surface area is 66.6 Å². The fourth-order valence-corrected chi connectivity index (χ4v) is 1.16. The van der Waals surface area contributed by atoms with Crippen molar-refractivity contribution >= 4 is 21.4 Å². The summed E-state index contributed by atoms with van der Waals surface area (Å²) in [5.74, 6) is -1.64. The molecular formula is C2H6O8P2. The van der Waals surface area contributed by atoms with E-state index in [1.165, 1.54) is 0 Å². The SMILES string of the molecule is O=C(CP(=O)(O)O)OP(=O)(O)O. The van der Waals surface area contributed by atoms with E-state index in [-0.39, 0.29) is 0 Å². The maximum absolute atomic E-state index is 10.3. The largest absolute Gasteiger partial charge is 0.527 e. The van der Waals surface area contributed by atoms with Gasteiger partial charge in [0.2, 0.25) is 0 Å². The van der Waals surface area contributed by atoms with Gasteiger partial charge in [0.05, 0.1) is 0 Å². The molecular weight excluding hydrogens is 214 g/mol. The van der Waals surface area contributed by atoms with Crippen molar-refractivity contribution in [3.8, 4) is 0 Å². The normalized spacial score (nSPS) is 12.7. The highest BCUT2D eigenvalue weighted by molar-refractivity contribution is 7.53. The predicted octanol–water partition coefficient (Wildman–Crippen LogP) is -1.20. The van der Waals surface area contributed by atoms with Crippen LogP contribution in [0.15, 0.2) is 0 Å². The summed E-state index contributed by atoms with van der Waals surface area (Å²) in [6.45, 7) is 0. The maximum Gasteiger partial charge on any atom is 0.527 e. The molecule has 0 saturated heterocycles. The lowest BCUT2D eigenvalue weighted by Gasteiger charge is -2.05. The lowest BCUT2D eigenvalue weighted by Crippen LogP contribution is -2.08. The summed E-state index contributed by atoms with van der Waals surface area (Å²) < 4.78 is 23.3. The van der Waals surface area contributed by atoms with Crippen LogP contribution in [0.3, 0.4) is 0 Å². The van der Waals surface area contributed by atoms with Crippen LogP contribution in [0.1, 0.15) is 0 Å². The molecule has 0 aliphatic heterocycles. The monoisotopic (exact) mass is 220 g/mol. The molecule has 0 rings (SSSR count). The number of phosphoric ester groups is 1. The second kappa shape index (κ2) is 3.66. The summed E-state index contributed by atoms with van der Waals surface area (Å²) in [5, 5.41) is 0. The van der Waals surface area contributed by atoms with E-state index in [2.05, 4.69) is 4.52 Å². The molecule has 0 aromatic heterocycles. The molecule has 72 valence electrons. The Balaban J connectivity index is 4.10. The third kappa shape index (κ3) is 7.87. The lowest BCUT2D eigenvalue weighted by atomic mass is 10.8. The van der Waals surface area contributed by atoms with Gasteiger partial charge in [-0.05, 0) is 0 Å². The van der Waals surface area contributed by atoms with Crippen LogP contribution >= 0.6 is 15.4 Å². The smallest absolute Gasteiger partial charge is 0.370 e. The Kier molecular flexibility index (Phi) is 3.59. The zero-order valence-corrected chi connectivity index (χ0v) is 7.31. The molecule has 0 unspecified atom stereocenters. The summed E-state index contributed by atoms with van der Waals surface area (Å²) in [6, 6.07) is 0. The summed E-state index contributed by atoms with van der Waals surface area (Å²) in [7, 11) is -9.63. The van der Waals surface area contributed by atoms with E-state index in [1.54, 1.807) is 0 Å². The number of hydrogen-bond donors (Lipinski definition) is 4. The average molecular weight is 220 g/mol. The molecule has 12 heavy (non-hydrogen) atoms. The minimum atomic E-state index is -5.00. The first-order valence-corrected chi connectivity index (χ1v) is 5.75. The number of phosphoric acid groups is 1. The van der Waals surface area contributed by atoms with E-state index in [0.29, 0.717) is 0 Å². The topological polar surface area (TPSA) is 141 Å². The summed E-state index contributed by atoms with van der Waals surface area (Å²) in [6.07, 6.45) is -1.35. The van der Waals surface area contributed by atoms with Gasteiger partial charge in [0.15, 0.2) is 0 Å². The van der Waals surface area contributed by atoms with Crippen molar-refractivity contribution < 1.29 is 38.0 Å². The average Bonchev–Trinajstić information content (AvgIpc) is 1.49. The van der Waals surface area contributed by atoms with Gasteiger partial charge in [0.25, 0.3) is 0 Å². The Morgan fingerprint density at radius 2 is 1.58 bits per heavy atom. The molecule has 0 atom stereocenters. The first-order chi connectivity index (χ1) is 5.10. The van der Waals surface area contributed by atoms with Crippen LogP contribution in [0.5, 0.6) is 0 Å². The molecule has 0 aliphatic rings. The molecule has 0 saturated carbocycles. The lowest BCUT2D eigenvalue weighted by molar-refractivity contribution is -0.132. The van der Waals surface area contributed by atoms with Crippen LogP contribution in [0.25, 0.3) is 0 Å². The van der Waals surface area contributed by atoms with Gasteiger partial charge in [-0.3, -0.25) is 19.1 Å². The fourth-order valence-electron chi connectivity index (χ4n) is 0.330. The maximum atomic E-state index is 10.3. The second-order valence-corrected chi connectivity index (χ2v) is 4.59. The first-order valence-electron chi connectivity index (χ1n) is 2.43. The molecule has 0 spiro atoms. The third-order valence-corrected chi connectivity index (χ3v) is 1.67. The van der Waals surface area contributed by atoms with Gasteiger partial charge in [-0.15, -0.1) is 0 Å². The Morgan fingerprint density at radius 3 is 1.83 bits per heavy atom. The van der Waals surface area contributed by atoms with Crippen molar-refractivity contribution in [2.24, 2.45) is 0 Å². The molecule has 4 N–H and O–H groups in total. The molecule has 0 radical (unpaired) electrons. The predicted molar refractivity (Wildman–Crippen MR) is 35.0 cm³/mol. The van der Waals surface area contributed by atoms with Crippen LogP contribution in [0, 0.1) is 0 Å². The highest BCUT2D eigenvalue weighted by Crippen LogP contribution is 2.40. The van der Waals surface area contributed by atoms with Gasteiger partial charge in [-0.2, -0.15) is 0 Å². The molecule has 8 nitrogen and oxygen atoms in total. The summed E-state index contributed by atoms with van der Waals surface area (Å²) >= 11 is 0. The molecule has 0 bridgehead atoms. The van der Waals surface area contributed by atoms with Crippen LogP contribution < -0.4 is 0 Å². The number of carbonyl (C=O) groups excluding carboxylic acids is 1. The number of hydrogen-bond acceptors (Lipinski definition) is 4. The van der Waals surface area contributed by atoms with E-state index in [9.17, 15) is 13.9 Å². The van der Waals surface area contributed by atoms with Gasteiger partial charge >= 0.3 is 21.4 Å². The zero-order valence-electron chi connectivity index (χ0n) is 5.52. The molecule has 0 amide bonds.